The van der Waals surface area contributed by atoms with Crippen molar-refractivity contribution in [1.82, 2.24) is 0 Å². The second-order valence-corrected chi connectivity index (χ2v) is 2.16. The molecule has 0 bridgehead atoms. The highest BCUT2D eigenvalue weighted by Gasteiger charge is 1.98. The van der Waals surface area contributed by atoms with Gasteiger partial charge in [0, 0.05) is 0 Å². The second-order valence-electron chi connectivity index (χ2n) is 1.07. The van der Waals surface area contributed by atoms with Gasteiger partial charge in [-0.15, -0.1) is 0 Å². The smallest absolute Gasteiger partial charge is 0.304 e. The molecule has 0 rings (SSSR count). The summed E-state index contributed by atoms with van der Waals surface area (Å²) in [6, 6.07) is 0. The fourth-order valence-electron chi connectivity index (χ4n) is 0.149. The van der Waals surface area contributed by atoms with E-state index in [-0.39, 0.29) is 6.61 Å². The fraction of sp³-hybridized carbons (Fsp3) is 0.750. The zero-order valence-electron chi connectivity index (χ0n) is 5.77. The lowest BCUT2D eigenvalue weighted by Gasteiger charge is -1.88. The van der Waals surface area contributed by atoms with Gasteiger partial charge in [-0.05, 0) is 13.8 Å². The number of carbonyl (C=O) groups excluding carboxylic acids is 1. The van der Waals surface area contributed by atoms with Crippen molar-refractivity contribution in [1.29, 1.82) is 0 Å². The van der Waals surface area contributed by atoms with Crippen molar-refractivity contribution in [3.05, 3.63) is 0 Å². The molecule has 0 fully saturated rings. The number of carbonyl (C=O) groups is 1. The first kappa shape index (κ1) is 12.2. The van der Waals surface area contributed by atoms with Gasteiger partial charge >= 0.3 is 10.4 Å². The van der Waals surface area contributed by atoms with Crippen molar-refractivity contribution in [2.24, 2.45) is 0 Å². The van der Waals surface area contributed by atoms with Crippen molar-refractivity contribution in [3.63, 3.8) is 0 Å². The molecule has 0 saturated heterocycles. The van der Waals surface area contributed by atoms with E-state index in [2.05, 4.69) is 4.18 Å². The Balaban J connectivity index is 0. The van der Waals surface area contributed by atoms with Crippen LogP contribution in [0.4, 0.5) is 0 Å². The Morgan fingerprint density at radius 3 is 1.90 bits per heavy atom. The lowest BCUT2D eigenvalue weighted by Crippen LogP contribution is -2.01. The summed E-state index contributed by atoms with van der Waals surface area (Å²) in [6.45, 7) is 2.88. The summed E-state index contributed by atoms with van der Waals surface area (Å²) in [6.07, 6.45) is 0.750. The normalized spacial score (nSPS) is 9.50. The van der Waals surface area contributed by atoms with Gasteiger partial charge in [0.25, 0.3) is 0 Å². The van der Waals surface area contributed by atoms with E-state index in [1.807, 2.05) is 0 Å². The van der Waals surface area contributed by atoms with Crippen molar-refractivity contribution in [2.75, 3.05) is 6.61 Å². The number of aldehydes is 1. The van der Waals surface area contributed by atoms with Crippen LogP contribution < -0.4 is 0 Å². The van der Waals surface area contributed by atoms with Crippen molar-refractivity contribution < 1.29 is 21.9 Å². The average molecular weight is 170 g/mol. The lowest BCUT2D eigenvalue weighted by atomic mass is 10.9. The first-order valence-corrected chi connectivity index (χ1v) is 3.86. The van der Waals surface area contributed by atoms with E-state index >= 15 is 0 Å². The maximum absolute atomic E-state index is 9.56. The van der Waals surface area contributed by atoms with E-state index in [1.165, 1.54) is 13.8 Å². The number of rotatable bonds is 2. The minimum atomic E-state index is -4.17. The van der Waals surface area contributed by atoms with Crippen LogP contribution in [-0.4, -0.2) is 25.9 Å². The van der Waals surface area contributed by atoms with Gasteiger partial charge in [0.2, 0.25) is 0 Å². The molecule has 5 nitrogen and oxygen atoms in total. The molecule has 0 aliphatic carbocycles. The maximum Gasteiger partial charge on any atom is 0.397 e. The van der Waals surface area contributed by atoms with Crippen LogP contribution in [0.15, 0.2) is 0 Å². The molecule has 62 valence electrons. The van der Waals surface area contributed by atoms with Crippen LogP contribution in [-0.2, 0) is 19.4 Å². The summed E-state index contributed by atoms with van der Waals surface area (Å²) in [5.74, 6) is 0. The predicted molar refractivity (Wildman–Crippen MR) is 34.9 cm³/mol. The minimum absolute atomic E-state index is 0.0289. The van der Waals surface area contributed by atoms with Crippen LogP contribution in [0.2, 0.25) is 0 Å². The van der Waals surface area contributed by atoms with Crippen molar-refractivity contribution >= 4 is 16.7 Å². The molecule has 0 aromatic heterocycles. The largest absolute Gasteiger partial charge is 0.397 e. The molecule has 0 aliphatic rings. The highest BCUT2D eigenvalue weighted by Crippen LogP contribution is 1.81. The molecule has 0 aliphatic heterocycles. The Labute approximate surface area is 60.0 Å². The summed E-state index contributed by atoms with van der Waals surface area (Å²) >= 11 is 0. The Bertz CT molecular complexity index is 158. The molecule has 0 aromatic rings. The zero-order valence-corrected chi connectivity index (χ0v) is 6.59. The molecule has 0 radical (unpaired) electrons. The maximum atomic E-state index is 9.56. The van der Waals surface area contributed by atoms with Gasteiger partial charge in [0.1, 0.15) is 6.29 Å². The molecule has 1 N–H and O–H groups in total. The van der Waals surface area contributed by atoms with Gasteiger partial charge in [-0.2, -0.15) is 8.42 Å². The van der Waals surface area contributed by atoms with Crippen LogP contribution in [0.5, 0.6) is 0 Å². The summed E-state index contributed by atoms with van der Waals surface area (Å²) in [5, 5.41) is 0. The molecule has 10 heavy (non-hydrogen) atoms. The van der Waals surface area contributed by atoms with Crippen LogP contribution in [0, 0.1) is 0 Å². The zero-order chi connectivity index (χ0) is 8.62. The molecule has 0 unspecified atom stereocenters. The van der Waals surface area contributed by atoms with E-state index in [9.17, 15) is 8.42 Å². The summed E-state index contributed by atoms with van der Waals surface area (Å²) in [4.78, 5) is 8.81. The van der Waals surface area contributed by atoms with Crippen LogP contribution in [0.1, 0.15) is 13.8 Å². The number of hydrogen-bond acceptors (Lipinski definition) is 4. The minimum Gasteiger partial charge on any atom is -0.304 e. The molecule has 0 spiro atoms. The summed E-state index contributed by atoms with van der Waals surface area (Å²) in [7, 11) is -4.17. The SMILES string of the molecule is CC=O.CCOS(=O)(=O)O. The van der Waals surface area contributed by atoms with Crippen LogP contribution >= 0.6 is 0 Å². The highest BCUT2D eigenvalue weighted by molar-refractivity contribution is 7.80. The topological polar surface area (TPSA) is 80.7 Å². The molecule has 0 aromatic carbocycles. The van der Waals surface area contributed by atoms with E-state index in [4.69, 9.17) is 9.35 Å². The fourth-order valence-corrected chi connectivity index (χ4v) is 0.447. The van der Waals surface area contributed by atoms with E-state index in [0.717, 1.165) is 6.29 Å². The molecule has 6 heteroatoms. The van der Waals surface area contributed by atoms with Gasteiger partial charge in [-0.3, -0.25) is 4.55 Å². The van der Waals surface area contributed by atoms with Gasteiger partial charge in [-0.1, -0.05) is 0 Å². The standard InChI is InChI=1S/C2H6O4S.C2H4O/c1-2-6-7(3,4)5;1-2-3/h2H2,1H3,(H,3,4,5);2H,1H3. The lowest BCUT2D eigenvalue weighted by molar-refractivity contribution is -0.106. The first-order chi connectivity index (χ1) is 4.47. The molecule has 0 atom stereocenters. The third-order valence-electron chi connectivity index (χ3n) is 0.267. The van der Waals surface area contributed by atoms with Gasteiger partial charge < -0.3 is 4.79 Å². The van der Waals surface area contributed by atoms with Crippen LogP contribution in [0.25, 0.3) is 0 Å². The second kappa shape index (κ2) is 6.66. The molecular formula is C4H10O5S. The van der Waals surface area contributed by atoms with Gasteiger partial charge in [0.05, 0.1) is 6.61 Å². The summed E-state index contributed by atoms with van der Waals surface area (Å²) < 4.78 is 30.7. The predicted octanol–water partition coefficient (Wildman–Crippen LogP) is 0.0309. The monoisotopic (exact) mass is 170 g/mol. The Morgan fingerprint density at radius 2 is 1.90 bits per heavy atom. The van der Waals surface area contributed by atoms with Crippen molar-refractivity contribution in [3.8, 4) is 0 Å². The number of hydrogen-bond donors (Lipinski definition) is 1. The molecule has 0 heterocycles. The van der Waals surface area contributed by atoms with E-state index in [1.54, 1.807) is 0 Å². The summed E-state index contributed by atoms with van der Waals surface area (Å²) in [5.41, 5.74) is 0. The van der Waals surface area contributed by atoms with Gasteiger partial charge in [-0.25, -0.2) is 4.18 Å². The van der Waals surface area contributed by atoms with Crippen molar-refractivity contribution in [2.45, 2.75) is 13.8 Å². The Hall–Kier alpha value is -0.460. The first-order valence-electron chi connectivity index (χ1n) is 2.49. The van der Waals surface area contributed by atoms with E-state index in [0.29, 0.717) is 0 Å². The highest BCUT2D eigenvalue weighted by atomic mass is 32.3. The van der Waals surface area contributed by atoms with Gasteiger partial charge in [0.15, 0.2) is 0 Å². The molecule has 0 amide bonds. The quantitative estimate of drug-likeness (QED) is 0.467. The van der Waals surface area contributed by atoms with Crippen LogP contribution in [0.3, 0.4) is 0 Å². The Morgan fingerprint density at radius 1 is 1.60 bits per heavy atom. The third-order valence-corrected chi connectivity index (χ3v) is 0.800. The Kier molecular flexibility index (Phi) is 8.15. The molecular weight excluding hydrogens is 160 g/mol. The average Bonchev–Trinajstić information content (AvgIpc) is 1.63. The van der Waals surface area contributed by atoms with E-state index < -0.39 is 10.4 Å². The third kappa shape index (κ3) is 25.7. The molecule has 0 saturated carbocycles.